The van der Waals surface area contributed by atoms with Crippen molar-refractivity contribution in [1.82, 2.24) is 14.6 Å². The monoisotopic (exact) mass is 211 g/mol. The molecule has 0 radical (unpaired) electrons. The van der Waals surface area contributed by atoms with Crippen LogP contribution in [0.25, 0.3) is 0 Å². The van der Waals surface area contributed by atoms with Crippen molar-refractivity contribution in [2.75, 3.05) is 5.32 Å². The fourth-order valence-electron chi connectivity index (χ4n) is 1.14. The fourth-order valence-corrected chi connectivity index (χ4v) is 1.30. The summed E-state index contributed by atoms with van der Waals surface area (Å²) in [6.45, 7) is 1.94. The molecule has 1 aromatic heterocycles. The Bertz CT molecular complexity index is 370. The van der Waals surface area contributed by atoms with Crippen LogP contribution in [-0.4, -0.2) is 27.1 Å². The highest BCUT2D eigenvalue weighted by atomic mass is 35.5. The van der Waals surface area contributed by atoms with E-state index in [-0.39, 0.29) is 6.17 Å². The van der Waals surface area contributed by atoms with Crippen molar-refractivity contribution in [2.45, 2.75) is 13.1 Å². The van der Waals surface area contributed by atoms with E-state index in [1.807, 2.05) is 19.1 Å². The Kier molecular flexibility index (Phi) is 2.41. The number of nitrogens with one attached hydrogen (secondary N) is 2. The van der Waals surface area contributed by atoms with E-state index in [1.54, 1.807) is 12.5 Å². The van der Waals surface area contributed by atoms with Gasteiger partial charge in [0.15, 0.2) is 0 Å². The zero-order chi connectivity index (χ0) is 9.97. The molecule has 0 fully saturated rings. The molecular weight excluding hydrogens is 202 g/mol. The van der Waals surface area contributed by atoms with E-state index in [4.69, 9.17) is 11.8 Å². The van der Waals surface area contributed by atoms with E-state index < -0.39 is 0 Å². The van der Waals surface area contributed by atoms with Crippen molar-refractivity contribution < 1.29 is 0 Å². The second-order valence-corrected chi connectivity index (χ2v) is 3.37. The number of nitrogens with zero attached hydrogens (tertiary/aromatic N) is 3. The summed E-state index contributed by atoms with van der Waals surface area (Å²) in [6.07, 6.45) is 4.96. The summed E-state index contributed by atoms with van der Waals surface area (Å²) in [5, 5.41) is 10.0. The molecule has 0 saturated heterocycles. The first-order valence-corrected chi connectivity index (χ1v) is 4.52. The van der Waals surface area contributed by atoms with E-state index in [9.17, 15) is 0 Å². The lowest BCUT2D eigenvalue weighted by Crippen LogP contribution is -2.33. The molecule has 0 bridgehead atoms. The van der Waals surface area contributed by atoms with Crippen LogP contribution in [-0.2, 0) is 0 Å². The third kappa shape index (κ3) is 1.88. The maximum atomic E-state index is 5.87. The molecule has 0 saturated carbocycles. The Morgan fingerprint density at radius 1 is 1.64 bits per heavy atom. The van der Waals surface area contributed by atoms with Crippen LogP contribution in [0.1, 0.15) is 5.69 Å². The van der Waals surface area contributed by atoms with Gasteiger partial charge in [-0.25, -0.2) is 9.41 Å². The van der Waals surface area contributed by atoms with Gasteiger partial charge in [0.2, 0.25) is 0 Å². The highest BCUT2D eigenvalue weighted by Gasteiger charge is 2.13. The number of rotatable bonds is 2. The Morgan fingerprint density at radius 3 is 3.14 bits per heavy atom. The van der Waals surface area contributed by atoms with Gasteiger partial charge in [0.25, 0.3) is 0 Å². The molecule has 0 aromatic carbocycles. The van der Waals surface area contributed by atoms with Crippen LogP contribution in [0.15, 0.2) is 23.3 Å². The molecule has 6 heteroatoms. The van der Waals surface area contributed by atoms with Gasteiger partial charge in [0, 0.05) is 29.7 Å². The lowest BCUT2D eigenvalue weighted by atomic mass is 10.4. The van der Waals surface area contributed by atoms with Crippen molar-refractivity contribution in [2.24, 2.45) is 4.99 Å². The zero-order valence-electron chi connectivity index (χ0n) is 7.61. The number of aromatic nitrogens is 2. The second kappa shape index (κ2) is 3.71. The summed E-state index contributed by atoms with van der Waals surface area (Å²) in [5.74, 6) is 0.762. The van der Waals surface area contributed by atoms with E-state index in [1.165, 1.54) is 4.42 Å². The minimum Gasteiger partial charge on any atom is -0.344 e. The van der Waals surface area contributed by atoms with Gasteiger partial charge in [-0.15, -0.1) is 0 Å². The standard InChI is InChI=1S/C8H10ClN5/c1-6-4-7(13-12-6)11-8-2-3-10-5-14(8)9/h2-5,8H,1H3,(H2,11,12,13). The lowest BCUT2D eigenvalue weighted by molar-refractivity contribution is 0.599. The molecule has 14 heavy (non-hydrogen) atoms. The molecule has 1 aromatic rings. The summed E-state index contributed by atoms with van der Waals surface area (Å²) in [4.78, 5) is 3.88. The molecule has 0 spiro atoms. The van der Waals surface area contributed by atoms with Crippen molar-refractivity contribution >= 4 is 23.9 Å². The van der Waals surface area contributed by atoms with E-state index in [0.717, 1.165) is 11.5 Å². The fraction of sp³-hybridized carbons (Fsp3) is 0.250. The first-order chi connectivity index (χ1) is 6.75. The minimum absolute atomic E-state index is 0.114. The van der Waals surface area contributed by atoms with Crippen LogP contribution >= 0.6 is 11.8 Å². The molecule has 1 unspecified atom stereocenters. The normalized spacial score (nSPS) is 20.1. The summed E-state index contributed by atoms with van der Waals surface area (Å²) in [7, 11) is 0. The molecule has 1 aliphatic rings. The largest absolute Gasteiger partial charge is 0.344 e. The predicted molar refractivity (Wildman–Crippen MR) is 56.1 cm³/mol. The summed E-state index contributed by atoms with van der Waals surface area (Å²) in [6, 6.07) is 1.91. The summed E-state index contributed by atoms with van der Waals surface area (Å²) >= 11 is 5.87. The highest BCUT2D eigenvalue weighted by molar-refractivity contribution is 6.19. The Morgan fingerprint density at radius 2 is 2.50 bits per heavy atom. The molecule has 2 rings (SSSR count). The Hall–Kier alpha value is -1.49. The van der Waals surface area contributed by atoms with Crippen molar-refractivity contribution in [3.63, 3.8) is 0 Å². The van der Waals surface area contributed by atoms with E-state index in [2.05, 4.69) is 20.5 Å². The molecular formula is C8H10ClN5. The maximum absolute atomic E-state index is 5.87. The Balaban J connectivity index is 2.04. The molecule has 0 amide bonds. The number of aliphatic imine (C=N–C) groups is 1. The van der Waals surface area contributed by atoms with Gasteiger partial charge in [-0.05, 0) is 13.0 Å². The minimum atomic E-state index is -0.114. The highest BCUT2D eigenvalue weighted by Crippen LogP contribution is 2.12. The van der Waals surface area contributed by atoms with Crippen LogP contribution in [0.4, 0.5) is 5.82 Å². The SMILES string of the molecule is Cc1cc(NC2C=CN=CN2Cl)n[nH]1. The lowest BCUT2D eigenvalue weighted by Gasteiger charge is -2.22. The zero-order valence-corrected chi connectivity index (χ0v) is 8.36. The molecule has 74 valence electrons. The topological polar surface area (TPSA) is 56.3 Å². The van der Waals surface area contributed by atoms with Gasteiger partial charge >= 0.3 is 0 Å². The molecule has 1 atom stereocenters. The third-order valence-electron chi connectivity index (χ3n) is 1.80. The van der Waals surface area contributed by atoms with Gasteiger partial charge in [-0.2, -0.15) is 5.10 Å². The first kappa shape index (κ1) is 9.08. The van der Waals surface area contributed by atoms with Crippen LogP contribution in [0, 0.1) is 6.92 Å². The smallest absolute Gasteiger partial charge is 0.149 e. The number of aromatic amines is 1. The van der Waals surface area contributed by atoms with Crippen LogP contribution in [0.3, 0.4) is 0 Å². The van der Waals surface area contributed by atoms with E-state index in [0.29, 0.717) is 0 Å². The number of hydrogen-bond acceptors (Lipinski definition) is 4. The van der Waals surface area contributed by atoms with Gasteiger partial charge in [-0.1, -0.05) is 0 Å². The van der Waals surface area contributed by atoms with Crippen molar-refractivity contribution in [1.29, 1.82) is 0 Å². The number of anilines is 1. The van der Waals surface area contributed by atoms with Gasteiger partial charge < -0.3 is 5.32 Å². The van der Waals surface area contributed by atoms with Crippen molar-refractivity contribution in [3.05, 3.63) is 24.0 Å². The number of H-pyrrole nitrogens is 1. The molecule has 5 nitrogen and oxygen atoms in total. The van der Waals surface area contributed by atoms with Gasteiger partial charge in [-0.3, -0.25) is 5.10 Å². The summed E-state index contributed by atoms with van der Waals surface area (Å²) in [5.41, 5.74) is 1.00. The predicted octanol–water partition coefficient (Wildman–Crippen LogP) is 1.47. The van der Waals surface area contributed by atoms with Crippen LogP contribution < -0.4 is 5.32 Å². The first-order valence-electron chi connectivity index (χ1n) is 4.18. The van der Waals surface area contributed by atoms with Crippen LogP contribution in [0.2, 0.25) is 0 Å². The summed E-state index contributed by atoms with van der Waals surface area (Å²) < 4.78 is 1.45. The third-order valence-corrected chi connectivity index (χ3v) is 2.10. The average molecular weight is 212 g/mol. The second-order valence-electron chi connectivity index (χ2n) is 2.98. The molecule has 2 N–H and O–H groups in total. The molecule has 1 aliphatic heterocycles. The van der Waals surface area contributed by atoms with Gasteiger partial charge in [0.1, 0.15) is 18.3 Å². The Labute approximate surface area is 86.6 Å². The average Bonchev–Trinajstić information content (AvgIpc) is 2.56. The van der Waals surface area contributed by atoms with Gasteiger partial charge in [0.05, 0.1) is 0 Å². The quantitative estimate of drug-likeness (QED) is 0.729. The number of halogens is 1. The molecule has 2 heterocycles. The maximum Gasteiger partial charge on any atom is 0.149 e. The molecule has 0 aliphatic carbocycles. The van der Waals surface area contributed by atoms with Crippen molar-refractivity contribution in [3.8, 4) is 0 Å². The van der Waals surface area contributed by atoms with E-state index >= 15 is 0 Å². The van der Waals surface area contributed by atoms with Crippen LogP contribution in [0.5, 0.6) is 0 Å². The number of aryl methyl sites for hydroxylation is 1. The number of hydrogen-bond donors (Lipinski definition) is 2.